The molecule has 2 nitrogen and oxygen atoms in total. The van der Waals surface area contributed by atoms with Gasteiger partial charge in [0.15, 0.2) is 5.78 Å². The summed E-state index contributed by atoms with van der Waals surface area (Å²) in [6, 6.07) is 0.673. The average Bonchev–Trinajstić information content (AvgIpc) is 3.48. The van der Waals surface area contributed by atoms with E-state index in [-0.39, 0.29) is 0 Å². The lowest BCUT2D eigenvalue weighted by Crippen LogP contribution is -2.37. The minimum absolute atomic E-state index is 0.365. The van der Waals surface area contributed by atoms with Crippen LogP contribution in [0.5, 0.6) is 0 Å². The van der Waals surface area contributed by atoms with Gasteiger partial charge in [0.1, 0.15) is 0 Å². The highest BCUT2D eigenvalue weighted by atomic mass is 16.1. The summed E-state index contributed by atoms with van der Waals surface area (Å²) in [4.78, 5) is 13.2. The fraction of sp³-hybridized carbons (Fsp3) is 0.875. The predicted octanol–water partition coefficient (Wildman–Crippen LogP) is 5.09. The summed E-state index contributed by atoms with van der Waals surface area (Å²) in [6.45, 7) is 0. The molecule has 6 aliphatic carbocycles. The Kier molecular flexibility index (Phi) is 3.80. The highest BCUT2D eigenvalue weighted by molar-refractivity contribution is 5.93. The SMILES string of the molecule is O=C(C=C(NC1CC2CCC1C2)C1CC2CCC1C2)C1CC2CCC1C2. The first-order chi connectivity index (χ1) is 12.7. The largest absolute Gasteiger partial charge is 0.385 e. The quantitative estimate of drug-likeness (QED) is 0.698. The third kappa shape index (κ3) is 2.61. The molecule has 9 unspecified atom stereocenters. The van der Waals surface area contributed by atoms with Crippen LogP contribution in [0.2, 0.25) is 0 Å². The molecule has 0 amide bonds. The van der Waals surface area contributed by atoms with Crippen LogP contribution in [-0.2, 0) is 4.79 Å². The zero-order valence-electron chi connectivity index (χ0n) is 16.2. The van der Waals surface area contributed by atoms with Crippen molar-refractivity contribution in [3.63, 3.8) is 0 Å². The number of hydrogen-bond donors (Lipinski definition) is 1. The van der Waals surface area contributed by atoms with Gasteiger partial charge in [-0.1, -0.05) is 19.3 Å². The van der Waals surface area contributed by atoms with E-state index in [0.29, 0.717) is 29.6 Å². The molecule has 6 fully saturated rings. The first-order valence-electron chi connectivity index (χ1n) is 11.7. The molecule has 0 aromatic carbocycles. The number of allylic oxidation sites excluding steroid dienone is 2. The van der Waals surface area contributed by atoms with E-state index in [0.717, 1.165) is 29.6 Å². The topological polar surface area (TPSA) is 29.1 Å². The van der Waals surface area contributed by atoms with E-state index < -0.39 is 0 Å². The van der Waals surface area contributed by atoms with Gasteiger partial charge in [-0.2, -0.15) is 0 Å². The molecule has 6 bridgehead atoms. The number of carbonyl (C=O) groups is 1. The van der Waals surface area contributed by atoms with Crippen molar-refractivity contribution in [2.45, 2.75) is 83.1 Å². The molecule has 0 heterocycles. The molecule has 1 N–H and O–H groups in total. The van der Waals surface area contributed by atoms with Gasteiger partial charge in [-0.25, -0.2) is 0 Å². The van der Waals surface area contributed by atoms with Crippen molar-refractivity contribution in [3.8, 4) is 0 Å². The number of carbonyl (C=O) groups excluding carboxylic acids is 1. The molecule has 6 rings (SSSR count). The molecular weight excluding hydrogens is 318 g/mol. The van der Waals surface area contributed by atoms with Gasteiger partial charge in [0.05, 0.1) is 0 Å². The van der Waals surface area contributed by atoms with Crippen molar-refractivity contribution in [2.24, 2.45) is 47.3 Å². The standard InChI is InChI=1S/C24H35NO/c26-24(21-11-15-2-5-18(21)8-15)13-23(20-10-14-1-4-17(20)7-14)25-22-12-16-3-6-19(22)9-16/h13-22,25H,1-12H2. The zero-order chi connectivity index (χ0) is 17.3. The van der Waals surface area contributed by atoms with E-state index >= 15 is 0 Å². The number of rotatable bonds is 5. The second-order valence-corrected chi connectivity index (χ2v) is 11.0. The van der Waals surface area contributed by atoms with Gasteiger partial charge in [0.25, 0.3) is 0 Å². The van der Waals surface area contributed by atoms with Crippen molar-refractivity contribution in [1.29, 1.82) is 0 Å². The highest BCUT2D eigenvalue weighted by Crippen LogP contribution is 2.52. The van der Waals surface area contributed by atoms with Crippen LogP contribution in [0, 0.1) is 47.3 Å². The number of fused-ring (bicyclic) bond motifs is 6. The van der Waals surface area contributed by atoms with E-state index in [1.54, 1.807) is 0 Å². The third-order valence-electron chi connectivity index (χ3n) is 9.63. The maximum absolute atomic E-state index is 13.2. The lowest BCUT2D eigenvalue weighted by Gasteiger charge is -2.32. The van der Waals surface area contributed by atoms with Crippen LogP contribution in [0.15, 0.2) is 11.8 Å². The molecule has 0 spiro atoms. The number of nitrogens with one attached hydrogen (secondary N) is 1. The van der Waals surface area contributed by atoms with E-state index in [1.165, 1.54) is 82.7 Å². The Balaban J connectivity index is 1.23. The molecule has 0 aromatic heterocycles. The Morgan fingerprint density at radius 3 is 1.73 bits per heavy atom. The monoisotopic (exact) mass is 353 g/mol. The van der Waals surface area contributed by atoms with Crippen LogP contribution < -0.4 is 5.32 Å². The minimum atomic E-state index is 0.365. The van der Waals surface area contributed by atoms with Gasteiger partial charge in [0.2, 0.25) is 0 Å². The average molecular weight is 354 g/mol. The van der Waals surface area contributed by atoms with Crippen LogP contribution >= 0.6 is 0 Å². The summed E-state index contributed by atoms with van der Waals surface area (Å²) in [5, 5.41) is 4.01. The van der Waals surface area contributed by atoms with Gasteiger partial charge in [-0.3, -0.25) is 4.79 Å². The highest BCUT2D eigenvalue weighted by Gasteiger charge is 2.46. The van der Waals surface area contributed by atoms with E-state index in [4.69, 9.17) is 0 Å². The predicted molar refractivity (Wildman–Crippen MR) is 103 cm³/mol. The van der Waals surface area contributed by atoms with Gasteiger partial charge in [-0.15, -0.1) is 0 Å². The Morgan fingerprint density at radius 2 is 1.23 bits per heavy atom. The summed E-state index contributed by atoms with van der Waals surface area (Å²) in [5.74, 6) is 6.79. The van der Waals surface area contributed by atoms with Gasteiger partial charge in [0, 0.05) is 29.7 Å². The normalized spacial score (nSPS) is 51.5. The molecule has 0 aliphatic heterocycles. The summed E-state index contributed by atoms with van der Waals surface area (Å²) in [7, 11) is 0. The first kappa shape index (κ1) is 16.2. The lowest BCUT2D eigenvalue weighted by atomic mass is 9.82. The number of hydrogen-bond acceptors (Lipinski definition) is 2. The molecule has 0 saturated heterocycles. The van der Waals surface area contributed by atoms with Gasteiger partial charge < -0.3 is 5.32 Å². The van der Waals surface area contributed by atoms with Crippen LogP contribution in [0.25, 0.3) is 0 Å². The first-order valence-corrected chi connectivity index (χ1v) is 11.7. The van der Waals surface area contributed by atoms with Crippen molar-refractivity contribution in [1.82, 2.24) is 5.32 Å². The molecule has 0 aromatic rings. The summed E-state index contributed by atoms with van der Waals surface area (Å²) in [5.41, 5.74) is 1.39. The molecule has 6 aliphatic rings. The van der Waals surface area contributed by atoms with Crippen molar-refractivity contribution in [2.75, 3.05) is 0 Å². The van der Waals surface area contributed by atoms with Crippen molar-refractivity contribution >= 4 is 5.78 Å². The summed E-state index contributed by atoms with van der Waals surface area (Å²) < 4.78 is 0. The summed E-state index contributed by atoms with van der Waals surface area (Å²) >= 11 is 0. The number of ketones is 1. The fourth-order valence-electron chi connectivity index (χ4n) is 8.37. The van der Waals surface area contributed by atoms with Gasteiger partial charge in [-0.05, 0) is 93.3 Å². The van der Waals surface area contributed by atoms with E-state index in [2.05, 4.69) is 11.4 Å². The van der Waals surface area contributed by atoms with E-state index in [9.17, 15) is 4.79 Å². The van der Waals surface area contributed by atoms with Crippen LogP contribution in [0.1, 0.15) is 77.0 Å². The maximum atomic E-state index is 13.2. The second kappa shape index (κ2) is 6.11. The van der Waals surface area contributed by atoms with E-state index in [1.807, 2.05) is 0 Å². The summed E-state index contributed by atoms with van der Waals surface area (Å²) in [6.07, 6.45) is 18.7. The van der Waals surface area contributed by atoms with Crippen molar-refractivity contribution in [3.05, 3.63) is 11.8 Å². The Labute approximate surface area is 158 Å². The Bertz CT molecular complexity index is 624. The third-order valence-corrected chi connectivity index (χ3v) is 9.63. The van der Waals surface area contributed by atoms with Crippen LogP contribution in [0.4, 0.5) is 0 Å². The fourth-order valence-corrected chi connectivity index (χ4v) is 8.37. The molecule has 142 valence electrons. The molecule has 6 saturated carbocycles. The molecule has 9 atom stereocenters. The second-order valence-electron chi connectivity index (χ2n) is 11.0. The smallest absolute Gasteiger partial charge is 0.160 e. The zero-order valence-corrected chi connectivity index (χ0v) is 16.2. The molecular formula is C24H35NO. The lowest BCUT2D eigenvalue weighted by molar-refractivity contribution is -0.119. The molecule has 2 heteroatoms. The molecule has 26 heavy (non-hydrogen) atoms. The van der Waals surface area contributed by atoms with Crippen molar-refractivity contribution < 1.29 is 4.79 Å². The van der Waals surface area contributed by atoms with Crippen LogP contribution in [0.3, 0.4) is 0 Å². The minimum Gasteiger partial charge on any atom is -0.385 e. The molecule has 0 radical (unpaired) electrons. The van der Waals surface area contributed by atoms with Gasteiger partial charge >= 0.3 is 0 Å². The maximum Gasteiger partial charge on any atom is 0.160 e. The Morgan fingerprint density at radius 1 is 0.654 bits per heavy atom. The Hall–Kier alpha value is -0.790. The van der Waals surface area contributed by atoms with Crippen LogP contribution in [-0.4, -0.2) is 11.8 Å².